The number of rotatable bonds is 2. The number of aromatic carboxylic acids is 2. The predicted octanol–water partition coefficient (Wildman–Crippen LogP) is 2.95. The van der Waals surface area contributed by atoms with Gasteiger partial charge in [-0.05, 0) is 18.2 Å². The minimum Gasteiger partial charge on any atom is -0.478 e. The zero-order chi connectivity index (χ0) is 12.5. The van der Waals surface area contributed by atoms with Crippen LogP contribution in [0.25, 0.3) is 0 Å². The summed E-state index contributed by atoms with van der Waals surface area (Å²) in [6.07, 6.45) is -4.90. The lowest BCUT2D eigenvalue weighted by molar-refractivity contribution is -0.138. The van der Waals surface area contributed by atoms with Gasteiger partial charge in [0.05, 0.1) is 16.7 Å². The summed E-state index contributed by atoms with van der Waals surface area (Å²) in [6.45, 7) is 0. The van der Waals surface area contributed by atoms with Gasteiger partial charge in [0, 0.05) is 0 Å². The van der Waals surface area contributed by atoms with Gasteiger partial charge in [-0.1, -0.05) is 0 Å². The Morgan fingerprint density at radius 1 is 1.00 bits per heavy atom. The highest BCUT2D eigenvalue weighted by molar-refractivity contribution is 5.93. The van der Waals surface area contributed by atoms with Gasteiger partial charge in [-0.2, -0.15) is 13.2 Å². The summed E-state index contributed by atoms with van der Waals surface area (Å²) in [5, 5.41) is 17.0. The number of halogens is 5. The van der Waals surface area contributed by atoms with Gasteiger partial charge < -0.3 is 10.2 Å². The standard InChI is InChI=1S/C9H5F3O4.2ClH/c10-9(11,12)6-3-4(7(13)14)1-2-5(6)8(15)16;;/h1-3H,(H,13,14)(H,15,16);2*1H. The van der Waals surface area contributed by atoms with Gasteiger partial charge in [-0.3, -0.25) is 0 Å². The van der Waals surface area contributed by atoms with Crippen molar-refractivity contribution in [3.63, 3.8) is 0 Å². The molecule has 2 N–H and O–H groups in total. The number of hydrogen-bond donors (Lipinski definition) is 2. The monoisotopic (exact) mass is 306 g/mol. The topological polar surface area (TPSA) is 74.6 Å². The molecule has 0 atom stereocenters. The van der Waals surface area contributed by atoms with Crippen molar-refractivity contribution >= 4 is 36.8 Å². The molecule has 18 heavy (non-hydrogen) atoms. The second kappa shape index (κ2) is 6.46. The molecule has 102 valence electrons. The number of benzene rings is 1. The van der Waals surface area contributed by atoms with Crippen molar-refractivity contribution in [2.24, 2.45) is 0 Å². The van der Waals surface area contributed by atoms with Gasteiger partial charge in [0.1, 0.15) is 0 Å². The molecule has 4 nitrogen and oxygen atoms in total. The van der Waals surface area contributed by atoms with Crippen LogP contribution >= 0.6 is 24.8 Å². The highest BCUT2D eigenvalue weighted by Crippen LogP contribution is 2.32. The first-order valence-electron chi connectivity index (χ1n) is 3.91. The second-order valence-corrected chi connectivity index (χ2v) is 2.87. The van der Waals surface area contributed by atoms with Crippen molar-refractivity contribution in [1.82, 2.24) is 0 Å². The lowest BCUT2D eigenvalue weighted by Crippen LogP contribution is -2.14. The summed E-state index contributed by atoms with van der Waals surface area (Å²) in [5.41, 5.74) is -3.06. The van der Waals surface area contributed by atoms with Gasteiger partial charge in [0.25, 0.3) is 0 Å². The molecule has 1 aromatic carbocycles. The molecule has 0 unspecified atom stereocenters. The number of carboxylic acid groups (broad SMARTS) is 2. The van der Waals surface area contributed by atoms with Crippen LogP contribution in [-0.2, 0) is 6.18 Å². The number of carboxylic acids is 2. The van der Waals surface area contributed by atoms with Crippen LogP contribution in [0.2, 0.25) is 0 Å². The molecule has 0 saturated carbocycles. The van der Waals surface area contributed by atoms with Gasteiger partial charge in [0.15, 0.2) is 0 Å². The van der Waals surface area contributed by atoms with Crippen LogP contribution in [0.3, 0.4) is 0 Å². The molecule has 1 rings (SSSR count). The summed E-state index contributed by atoms with van der Waals surface area (Å²) in [5.74, 6) is -3.31. The molecular formula is C9H7Cl2F3O4. The van der Waals surface area contributed by atoms with E-state index >= 15 is 0 Å². The van der Waals surface area contributed by atoms with E-state index in [4.69, 9.17) is 10.2 Å². The third-order valence-corrected chi connectivity index (χ3v) is 1.80. The molecule has 0 heterocycles. The Labute approximate surface area is 111 Å². The number of carbonyl (C=O) groups is 2. The molecule has 0 aliphatic carbocycles. The Hall–Kier alpha value is -1.47. The number of hydrogen-bond acceptors (Lipinski definition) is 2. The molecule has 0 saturated heterocycles. The summed E-state index contributed by atoms with van der Waals surface area (Å²) < 4.78 is 37.2. The highest BCUT2D eigenvalue weighted by atomic mass is 35.5. The molecule has 0 spiro atoms. The van der Waals surface area contributed by atoms with Crippen LogP contribution < -0.4 is 0 Å². The van der Waals surface area contributed by atoms with E-state index in [1.807, 2.05) is 0 Å². The summed E-state index contributed by atoms with van der Waals surface area (Å²) in [6, 6.07) is 1.72. The Balaban J connectivity index is 0. The summed E-state index contributed by atoms with van der Waals surface area (Å²) in [7, 11) is 0. The van der Waals surface area contributed by atoms with Crippen LogP contribution in [-0.4, -0.2) is 22.2 Å². The van der Waals surface area contributed by atoms with Gasteiger partial charge in [-0.15, -0.1) is 24.8 Å². The van der Waals surface area contributed by atoms with E-state index in [-0.39, 0.29) is 24.8 Å². The lowest BCUT2D eigenvalue weighted by Gasteiger charge is -2.10. The minimum absolute atomic E-state index is 0. The zero-order valence-corrected chi connectivity index (χ0v) is 10.0. The van der Waals surface area contributed by atoms with Gasteiger partial charge in [-0.25, -0.2) is 9.59 Å². The highest BCUT2D eigenvalue weighted by Gasteiger charge is 2.35. The Bertz CT molecular complexity index is 460. The van der Waals surface area contributed by atoms with Crippen molar-refractivity contribution in [2.45, 2.75) is 6.18 Å². The first kappa shape index (κ1) is 18.9. The molecule has 0 aromatic heterocycles. The summed E-state index contributed by atoms with van der Waals surface area (Å²) >= 11 is 0. The normalized spacial score (nSPS) is 9.94. The van der Waals surface area contributed by atoms with E-state index in [1.165, 1.54) is 0 Å². The molecular weight excluding hydrogens is 300 g/mol. The fourth-order valence-electron chi connectivity index (χ4n) is 1.10. The van der Waals surface area contributed by atoms with Gasteiger partial charge >= 0.3 is 18.1 Å². The second-order valence-electron chi connectivity index (χ2n) is 2.87. The quantitative estimate of drug-likeness (QED) is 0.881. The summed E-state index contributed by atoms with van der Waals surface area (Å²) in [4.78, 5) is 20.9. The van der Waals surface area contributed by atoms with Crippen LogP contribution in [0, 0.1) is 0 Å². The fourth-order valence-corrected chi connectivity index (χ4v) is 1.10. The van der Waals surface area contributed by atoms with Crippen LogP contribution in [0.15, 0.2) is 18.2 Å². The molecule has 9 heteroatoms. The largest absolute Gasteiger partial charge is 0.478 e. The zero-order valence-electron chi connectivity index (χ0n) is 8.39. The maximum absolute atomic E-state index is 12.4. The molecule has 0 aliphatic rings. The molecule has 0 fully saturated rings. The van der Waals surface area contributed by atoms with E-state index in [0.29, 0.717) is 12.1 Å². The van der Waals surface area contributed by atoms with Crippen LogP contribution in [0.5, 0.6) is 0 Å². The third kappa shape index (κ3) is 4.08. The molecule has 0 aliphatic heterocycles. The van der Waals surface area contributed by atoms with E-state index in [9.17, 15) is 22.8 Å². The van der Waals surface area contributed by atoms with Crippen molar-refractivity contribution in [1.29, 1.82) is 0 Å². The van der Waals surface area contributed by atoms with Crippen molar-refractivity contribution in [2.75, 3.05) is 0 Å². The third-order valence-electron chi connectivity index (χ3n) is 1.80. The fraction of sp³-hybridized carbons (Fsp3) is 0.111. The average Bonchev–Trinajstić information content (AvgIpc) is 2.15. The SMILES string of the molecule is Cl.Cl.O=C(O)c1ccc(C(=O)O)c(C(F)(F)F)c1. The van der Waals surface area contributed by atoms with Crippen molar-refractivity contribution in [3.8, 4) is 0 Å². The number of alkyl halides is 3. The predicted molar refractivity (Wildman–Crippen MR) is 59.9 cm³/mol. The van der Waals surface area contributed by atoms with Crippen molar-refractivity contribution < 1.29 is 33.0 Å². The molecule has 0 radical (unpaired) electrons. The minimum atomic E-state index is -4.90. The lowest BCUT2D eigenvalue weighted by atomic mass is 10.0. The van der Waals surface area contributed by atoms with E-state index in [0.717, 1.165) is 6.07 Å². The Kier molecular flexibility index (Phi) is 6.78. The van der Waals surface area contributed by atoms with Crippen LogP contribution in [0.1, 0.15) is 26.3 Å². The smallest absolute Gasteiger partial charge is 0.417 e. The first-order valence-corrected chi connectivity index (χ1v) is 3.91. The molecule has 0 bridgehead atoms. The Morgan fingerprint density at radius 3 is 1.83 bits per heavy atom. The maximum Gasteiger partial charge on any atom is 0.417 e. The maximum atomic E-state index is 12.4. The van der Waals surface area contributed by atoms with Crippen LogP contribution in [0.4, 0.5) is 13.2 Å². The first-order chi connectivity index (χ1) is 7.23. The average molecular weight is 307 g/mol. The van der Waals surface area contributed by atoms with E-state index in [2.05, 4.69) is 0 Å². The molecule has 0 amide bonds. The van der Waals surface area contributed by atoms with Gasteiger partial charge in [0.2, 0.25) is 0 Å². The van der Waals surface area contributed by atoms with E-state index in [1.54, 1.807) is 0 Å². The molecule has 1 aromatic rings. The Morgan fingerprint density at radius 2 is 1.50 bits per heavy atom. The van der Waals surface area contributed by atoms with E-state index < -0.39 is 34.8 Å². The van der Waals surface area contributed by atoms with Crippen molar-refractivity contribution in [3.05, 3.63) is 34.9 Å².